The maximum atomic E-state index is 10.7. The Bertz CT molecular complexity index is 816. The quantitative estimate of drug-likeness (QED) is 0.293. The first kappa shape index (κ1) is 25.6. The van der Waals surface area contributed by atoms with Crippen molar-refractivity contribution in [2.45, 2.75) is 63.9 Å². The lowest BCUT2D eigenvalue weighted by Crippen LogP contribution is -2.46. The van der Waals surface area contributed by atoms with Crippen LogP contribution in [0.1, 0.15) is 50.7 Å². The van der Waals surface area contributed by atoms with Gasteiger partial charge in [0.25, 0.3) is 0 Å². The number of benzene rings is 2. The van der Waals surface area contributed by atoms with Gasteiger partial charge < -0.3 is 30.6 Å². The minimum atomic E-state index is -1.93. The number of aliphatic hydroxyl groups is 6. The molecule has 0 fully saturated rings. The number of hydrogen-bond acceptors (Lipinski definition) is 6. The lowest BCUT2D eigenvalue weighted by atomic mass is 9.91. The first-order valence-corrected chi connectivity index (χ1v) is 11.0. The highest BCUT2D eigenvalue weighted by Crippen LogP contribution is 2.29. The minimum Gasteiger partial charge on any atom is -0.509 e. The minimum absolute atomic E-state index is 0.442. The summed E-state index contributed by atoms with van der Waals surface area (Å²) in [5, 5.41) is 63.6. The second kappa shape index (κ2) is 12.4. The number of aliphatic hydroxyl groups excluding tert-OH is 6. The summed E-state index contributed by atoms with van der Waals surface area (Å²) in [6.07, 6.45) is -5.30. The molecule has 0 saturated carbocycles. The van der Waals surface area contributed by atoms with E-state index in [2.05, 4.69) is 0 Å². The molecule has 0 radical (unpaired) electrons. The Balaban J connectivity index is 2.33. The van der Waals surface area contributed by atoms with E-state index in [0.29, 0.717) is 48.0 Å². The van der Waals surface area contributed by atoms with E-state index in [-0.39, 0.29) is 0 Å². The molecular formula is C26H34O6. The highest BCUT2D eigenvalue weighted by Gasteiger charge is 2.36. The van der Waals surface area contributed by atoms with Gasteiger partial charge in [0.1, 0.15) is 35.9 Å². The normalized spacial score (nSPS) is 17.1. The molecule has 6 nitrogen and oxygen atoms in total. The fourth-order valence-corrected chi connectivity index (χ4v) is 3.67. The van der Waals surface area contributed by atoms with Crippen LogP contribution < -0.4 is 0 Å². The molecule has 0 aliphatic rings. The zero-order valence-corrected chi connectivity index (χ0v) is 18.6. The molecule has 0 saturated heterocycles. The predicted octanol–water partition coefficient (Wildman–Crippen LogP) is 3.97. The van der Waals surface area contributed by atoms with Gasteiger partial charge in [-0.2, -0.15) is 0 Å². The van der Waals surface area contributed by atoms with Gasteiger partial charge in [-0.05, 0) is 35.1 Å². The second-order valence-electron chi connectivity index (χ2n) is 7.83. The first-order chi connectivity index (χ1) is 15.3. The number of hydrogen-bond donors (Lipinski definition) is 6. The van der Waals surface area contributed by atoms with Crippen molar-refractivity contribution in [1.82, 2.24) is 0 Å². The van der Waals surface area contributed by atoms with E-state index in [4.69, 9.17) is 0 Å². The summed E-state index contributed by atoms with van der Waals surface area (Å²) < 4.78 is 0. The Labute approximate surface area is 189 Å². The van der Waals surface area contributed by atoms with E-state index >= 15 is 0 Å². The van der Waals surface area contributed by atoms with Crippen molar-refractivity contribution in [3.05, 3.63) is 83.3 Å². The monoisotopic (exact) mass is 442 g/mol. The largest absolute Gasteiger partial charge is 0.509 e. The fraction of sp³-hybridized carbons (Fsp3) is 0.385. The summed E-state index contributed by atoms with van der Waals surface area (Å²) in [5.74, 6) is -0.950. The average molecular weight is 443 g/mol. The van der Waals surface area contributed by atoms with Gasteiger partial charge in [0, 0.05) is 0 Å². The third-order valence-corrected chi connectivity index (χ3v) is 5.42. The molecule has 0 unspecified atom stereocenters. The van der Waals surface area contributed by atoms with Crippen LogP contribution in [-0.2, 0) is 0 Å². The van der Waals surface area contributed by atoms with Gasteiger partial charge >= 0.3 is 0 Å². The van der Waals surface area contributed by atoms with Crippen LogP contribution in [0.15, 0.2) is 72.2 Å². The van der Waals surface area contributed by atoms with Crippen molar-refractivity contribution >= 4 is 11.1 Å². The Morgan fingerprint density at radius 3 is 1.19 bits per heavy atom. The van der Waals surface area contributed by atoms with E-state index in [9.17, 15) is 30.6 Å². The third kappa shape index (κ3) is 6.20. The van der Waals surface area contributed by atoms with Crippen LogP contribution in [-0.4, -0.2) is 55.1 Å². The second-order valence-corrected chi connectivity index (χ2v) is 7.83. The van der Waals surface area contributed by atoms with Gasteiger partial charge in [0.2, 0.25) is 0 Å². The van der Waals surface area contributed by atoms with Crippen LogP contribution >= 0.6 is 0 Å². The molecule has 0 aliphatic carbocycles. The van der Waals surface area contributed by atoms with E-state index in [0.717, 1.165) is 0 Å². The highest BCUT2D eigenvalue weighted by molar-refractivity contribution is 5.69. The summed E-state index contributed by atoms with van der Waals surface area (Å²) >= 11 is 0. The summed E-state index contributed by atoms with van der Waals surface area (Å²) in [5.41, 5.74) is 2.25. The standard InChI is InChI=1S/C26H34O6/c1-3-11-19(17-13-7-5-8-14-17)21(27)23(29)25(31)26(32)24(30)22(28)20(12-4-2)18-15-9-6-10-16-18/h5-10,13-16,23-32H,3-4,11-12H2,1-2H3/t23-,24+,25-,26-/m1/s1. The van der Waals surface area contributed by atoms with Crippen molar-refractivity contribution in [3.63, 3.8) is 0 Å². The van der Waals surface area contributed by atoms with Crippen molar-refractivity contribution in [2.75, 3.05) is 0 Å². The average Bonchev–Trinajstić information content (AvgIpc) is 2.84. The SMILES string of the molecule is CCCC(=C(O)[C@@H](O)[C@@H](O)[C@H](O)[C@@H](O)C(O)=C(CCC)c1ccccc1)c1ccccc1. The van der Waals surface area contributed by atoms with E-state index in [1.807, 2.05) is 26.0 Å². The van der Waals surface area contributed by atoms with Crippen LogP contribution in [0.5, 0.6) is 0 Å². The molecule has 4 atom stereocenters. The summed E-state index contributed by atoms with van der Waals surface area (Å²) in [7, 11) is 0. The summed E-state index contributed by atoms with van der Waals surface area (Å²) in [6, 6.07) is 17.9. The summed E-state index contributed by atoms with van der Waals surface area (Å²) in [6.45, 7) is 3.83. The molecular weight excluding hydrogens is 408 g/mol. The first-order valence-electron chi connectivity index (χ1n) is 11.0. The van der Waals surface area contributed by atoms with Crippen molar-refractivity contribution in [1.29, 1.82) is 0 Å². The zero-order valence-electron chi connectivity index (χ0n) is 18.6. The molecule has 2 aromatic rings. The maximum Gasteiger partial charge on any atom is 0.139 e. The Hall–Kier alpha value is -2.64. The highest BCUT2D eigenvalue weighted by atomic mass is 16.4. The molecule has 2 rings (SSSR count). The lowest BCUT2D eigenvalue weighted by Gasteiger charge is -2.28. The zero-order chi connectivity index (χ0) is 23.7. The van der Waals surface area contributed by atoms with Crippen LogP contribution in [0.25, 0.3) is 11.1 Å². The summed E-state index contributed by atoms with van der Waals surface area (Å²) in [4.78, 5) is 0. The molecule has 0 aromatic heterocycles. The molecule has 0 amide bonds. The van der Waals surface area contributed by atoms with Crippen molar-refractivity contribution < 1.29 is 30.6 Å². The van der Waals surface area contributed by atoms with Gasteiger partial charge in [0.15, 0.2) is 0 Å². The Kier molecular flexibility index (Phi) is 9.94. The smallest absolute Gasteiger partial charge is 0.139 e. The van der Waals surface area contributed by atoms with Gasteiger partial charge in [-0.3, -0.25) is 0 Å². The molecule has 2 aromatic carbocycles. The number of rotatable bonds is 11. The lowest BCUT2D eigenvalue weighted by molar-refractivity contribution is -0.100. The van der Waals surface area contributed by atoms with Crippen LogP contribution in [0.4, 0.5) is 0 Å². The molecule has 32 heavy (non-hydrogen) atoms. The Morgan fingerprint density at radius 2 is 0.906 bits per heavy atom. The molecule has 0 heterocycles. The topological polar surface area (TPSA) is 121 Å². The molecule has 0 bridgehead atoms. The fourth-order valence-electron chi connectivity index (χ4n) is 3.67. The van der Waals surface area contributed by atoms with Crippen LogP contribution in [0, 0.1) is 0 Å². The van der Waals surface area contributed by atoms with Crippen LogP contribution in [0.2, 0.25) is 0 Å². The molecule has 6 N–H and O–H groups in total. The van der Waals surface area contributed by atoms with Gasteiger partial charge in [0.05, 0.1) is 0 Å². The third-order valence-electron chi connectivity index (χ3n) is 5.42. The van der Waals surface area contributed by atoms with Gasteiger partial charge in [-0.1, -0.05) is 87.4 Å². The molecule has 0 aliphatic heterocycles. The predicted molar refractivity (Wildman–Crippen MR) is 126 cm³/mol. The Morgan fingerprint density at radius 1 is 0.594 bits per heavy atom. The van der Waals surface area contributed by atoms with E-state index in [1.54, 1.807) is 48.5 Å². The molecule has 174 valence electrons. The van der Waals surface area contributed by atoms with Crippen molar-refractivity contribution in [2.24, 2.45) is 0 Å². The maximum absolute atomic E-state index is 10.7. The van der Waals surface area contributed by atoms with Gasteiger partial charge in [-0.25, -0.2) is 0 Å². The molecule has 0 spiro atoms. The van der Waals surface area contributed by atoms with E-state index < -0.39 is 35.9 Å². The number of allylic oxidation sites excluding steroid dienone is 2. The van der Waals surface area contributed by atoms with Crippen LogP contribution in [0.3, 0.4) is 0 Å². The molecule has 6 heteroatoms. The van der Waals surface area contributed by atoms with E-state index in [1.165, 1.54) is 0 Å². The van der Waals surface area contributed by atoms with Crippen molar-refractivity contribution in [3.8, 4) is 0 Å². The van der Waals surface area contributed by atoms with Gasteiger partial charge in [-0.15, -0.1) is 0 Å².